The van der Waals surface area contributed by atoms with Crippen LogP contribution in [-0.2, 0) is 4.74 Å². The predicted molar refractivity (Wildman–Crippen MR) is 136 cm³/mol. The second kappa shape index (κ2) is 7.46. The molecule has 6 aromatic rings. The lowest BCUT2D eigenvalue weighted by Gasteiger charge is -2.16. The number of nitrogens with two attached hydrogens (primary N) is 1. The number of nitrogen functional groups attached to an aromatic ring is 1. The molecule has 0 spiro atoms. The van der Waals surface area contributed by atoms with Gasteiger partial charge < -0.3 is 14.9 Å². The van der Waals surface area contributed by atoms with E-state index < -0.39 is 5.97 Å². The van der Waals surface area contributed by atoms with Crippen LogP contribution in [-0.4, -0.2) is 13.1 Å². The Labute approximate surface area is 194 Å². The first-order chi connectivity index (χ1) is 16.6. The van der Waals surface area contributed by atoms with Gasteiger partial charge in [-0.3, -0.25) is 4.79 Å². The molecule has 0 aliphatic heterocycles. The molecule has 0 saturated carbocycles. The molecule has 0 amide bonds. The van der Waals surface area contributed by atoms with E-state index in [2.05, 4.69) is 0 Å². The number of methoxy groups -OCH3 is 1. The summed E-state index contributed by atoms with van der Waals surface area (Å²) in [5.74, 6) is -0.441. The van der Waals surface area contributed by atoms with Crippen LogP contribution in [0.3, 0.4) is 0 Å². The van der Waals surface area contributed by atoms with Gasteiger partial charge >= 0.3 is 5.97 Å². The normalized spacial score (nSPS) is 11.4. The maximum atomic E-state index is 13.0. The molecule has 0 bridgehead atoms. The van der Waals surface area contributed by atoms with Gasteiger partial charge in [0.25, 0.3) is 0 Å². The van der Waals surface area contributed by atoms with Gasteiger partial charge in [-0.2, -0.15) is 0 Å². The summed E-state index contributed by atoms with van der Waals surface area (Å²) in [6.45, 7) is 0. The van der Waals surface area contributed by atoms with Crippen molar-refractivity contribution < 1.29 is 13.9 Å². The van der Waals surface area contributed by atoms with Crippen LogP contribution in [0.2, 0.25) is 0 Å². The summed E-state index contributed by atoms with van der Waals surface area (Å²) in [5, 5.41) is 4.48. The lowest BCUT2D eigenvalue weighted by Crippen LogP contribution is -2.04. The van der Waals surface area contributed by atoms with E-state index >= 15 is 0 Å². The van der Waals surface area contributed by atoms with Crippen molar-refractivity contribution in [2.24, 2.45) is 0 Å². The molecule has 1 heterocycles. The van der Waals surface area contributed by atoms with Crippen LogP contribution in [0, 0.1) is 0 Å². The van der Waals surface area contributed by atoms with Gasteiger partial charge in [-0.15, -0.1) is 0 Å². The Morgan fingerprint density at radius 2 is 1.41 bits per heavy atom. The number of hydrogen-bond acceptors (Lipinski definition) is 5. The minimum Gasteiger partial charge on any atom is -0.465 e. The molecule has 0 aliphatic rings. The maximum Gasteiger partial charge on any atom is 0.338 e. The minimum absolute atomic E-state index is 0.133. The van der Waals surface area contributed by atoms with Crippen molar-refractivity contribution in [1.29, 1.82) is 0 Å². The number of hydrogen-bond donors (Lipinski definition) is 1. The summed E-state index contributed by atoms with van der Waals surface area (Å²) in [6.07, 6.45) is 0. The Hall–Kier alpha value is -4.64. The van der Waals surface area contributed by atoms with Gasteiger partial charge in [-0.1, -0.05) is 54.6 Å². The summed E-state index contributed by atoms with van der Waals surface area (Å²) >= 11 is 0. The van der Waals surface area contributed by atoms with Crippen LogP contribution in [0.4, 0.5) is 5.69 Å². The molecule has 1 aromatic heterocycles. The first-order valence-electron chi connectivity index (χ1n) is 10.9. The highest BCUT2D eigenvalue weighted by Gasteiger charge is 2.21. The fourth-order valence-corrected chi connectivity index (χ4v) is 4.82. The number of anilines is 1. The van der Waals surface area contributed by atoms with Crippen molar-refractivity contribution in [2.45, 2.75) is 0 Å². The van der Waals surface area contributed by atoms with Gasteiger partial charge in [0, 0.05) is 27.4 Å². The monoisotopic (exact) mass is 445 g/mol. The second-order valence-corrected chi connectivity index (χ2v) is 8.20. The highest BCUT2D eigenvalue weighted by atomic mass is 16.5. The standard InChI is InChI=1S/C29H19NO4/c1-33-29(32)19-9-3-2-8-18(19)26-20-14-12-16-6-4-10-22(30)24(16)27(20)34-28-21(26)15-13-17-7-5-11-23(31)25(17)28/h2-15H,30H2,1H3. The van der Waals surface area contributed by atoms with Crippen molar-refractivity contribution in [2.75, 3.05) is 12.8 Å². The van der Waals surface area contributed by atoms with E-state index in [0.717, 1.165) is 32.5 Å². The van der Waals surface area contributed by atoms with Crippen molar-refractivity contribution >= 4 is 55.1 Å². The topological polar surface area (TPSA) is 82.5 Å². The van der Waals surface area contributed by atoms with Crippen molar-refractivity contribution in [3.05, 3.63) is 101 Å². The maximum absolute atomic E-state index is 13.0. The number of fused-ring (bicyclic) bond motifs is 6. The Morgan fingerprint density at radius 1 is 0.765 bits per heavy atom. The summed E-state index contributed by atoms with van der Waals surface area (Å²) in [6, 6.07) is 25.9. The number of ether oxygens (including phenoxy) is 1. The fourth-order valence-electron chi connectivity index (χ4n) is 4.82. The molecular weight excluding hydrogens is 426 g/mol. The molecule has 0 radical (unpaired) electrons. The van der Waals surface area contributed by atoms with Crippen LogP contribution in [0.15, 0.2) is 94.1 Å². The molecule has 164 valence electrons. The summed E-state index contributed by atoms with van der Waals surface area (Å²) < 4.78 is 11.6. The molecule has 34 heavy (non-hydrogen) atoms. The van der Waals surface area contributed by atoms with Gasteiger partial charge in [0.15, 0.2) is 5.43 Å². The average molecular weight is 445 g/mol. The average Bonchev–Trinajstić information content (AvgIpc) is 2.86. The van der Waals surface area contributed by atoms with E-state index in [1.54, 1.807) is 18.2 Å². The van der Waals surface area contributed by atoms with E-state index in [9.17, 15) is 9.59 Å². The Bertz CT molecular complexity index is 1850. The Kier molecular flexibility index (Phi) is 4.39. The molecule has 0 saturated heterocycles. The first-order valence-corrected chi connectivity index (χ1v) is 10.9. The zero-order valence-electron chi connectivity index (χ0n) is 18.3. The molecule has 5 heteroatoms. The van der Waals surface area contributed by atoms with Crippen molar-refractivity contribution in [1.82, 2.24) is 0 Å². The van der Waals surface area contributed by atoms with Crippen LogP contribution < -0.4 is 11.2 Å². The SMILES string of the molecule is COC(=O)c1ccccc1-c1c2ccc3cccc(N)c3c2oc2c1ccc1cccc(=O)c12. The molecule has 0 fully saturated rings. The number of carbonyl (C=O) groups excluding carboxylic acids is 1. The van der Waals surface area contributed by atoms with Gasteiger partial charge in [-0.05, 0) is 46.7 Å². The number of rotatable bonds is 2. The molecule has 6 rings (SSSR count). The van der Waals surface area contributed by atoms with Crippen LogP contribution in [0.1, 0.15) is 10.4 Å². The summed E-state index contributed by atoms with van der Waals surface area (Å²) in [7, 11) is 1.36. The smallest absolute Gasteiger partial charge is 0.338 e. The van der Waals surface area contributed by atoms with Crippen LogP contribution >= 0.6 is 0 Å². The van der Waals surface area contributed by atoms with Gasteiger partial charge in [0.05, 0.1) is 18.1 Å². The molecule has 5 nitrogen and oxygen atoms in total. The van der Waals surface area contributed by atoms with Gasteiger partial charge in [-0.25, -0.2) is 4.79 Å². The van der Waals surface area contributed by atoms with E-state index in [4.69, 9.17) is 14.9 Å². The number of esters is 1. The quantitative estimate of drug-likeness (QED) is 0.147. The van der Waals surface area contributed by atoms with E-state index in [0.29, 0.717) is 33.4 Å². The van der Waals surface area contributed by atoms with E-state index in [-0.39, 0.29) is 5.43 Å². The lowest BCUT2D eigenvalue weighted by molar-refractivity contribution is 0.0601. The number of carbonyl (C=O) groups is 1. The number of benzene rings is 5. The van der Waals surface area contributed by atoms with Crippen molar-refractivity contribution in [3.63, 3.8) is 0 Å². The molecule has 2 N–H and O–H groups in total. The van der Waals surface area contributed by atoms with Gasteiger partial charge in [0.1, 0.15) is 11.2 Å². The zero-order chi connectivity index (χ0) is 23.4. The van der Waals surface area contributed by atoms with E-state index in [1.165, 1.54) is 13.2 Å². The molecular formula is C29H19NO4. The molecule has 5 aromatic carbocycles. The largest absolute Gasteiger partial charge is 0.465 e. The van der Waals surface area contributed by atoms with E-state index in [1.807, 2.05) is 60.7 Å². The van der Waals surface area contributed by atoms with Crippen molar-refractivity contribution in [3.8, 4) is 11.1 Å². The third-order valence-electron chi connectivity index (χ3n) is 6.33. The molecule has 0 atom stereocenters. The third kappa shape index (κ3) is 2.80. The second-order valence-electron chi connectivity index (χ2n) is 8.20. The predicted octanol–water partition coefficient (Wildman–Crippen LogP) is 6.29. The zero-order valence-corrected chi connectivity index (χ0v) is 18.3. The van der Waals surface area contributed by atoms with Crippen LogP contribution in [0.25, 0.3) is 54.6 Å². The van der Waals surface area contributed by atoms with Crippen LogP contribution in [0.5, 0.6) is 0 Å². The lowest BCUT2D eigenvalue weighted by atomic mass is 9.91. The Morgan fingerprint density at radius 3 is 2.15 bits per heavy atom. The minimum atomic E-state index is -0.441. The van der Waals surface area contributed by atoms with Gasteiger partial charge in [0.2, 0.25) is 0 Å². The summed E-state index contributed by atoms with van der Waals surface area (Å²) in [4.78, 5) is 25.7. The highest BCUT2D eigenvalue weighted by Crippen LogP contribution is 2.43. The molecule has 0 aliphatic carbocycles. The highest BCUT2D eigenvalue weighted by molar-refractivity contribution is 6.22. The molecule has 0 unspecified atom stereocenters. The third-order valence-corrected chi connectivity index (χ3v) is 6.33. The first kappa shape index (κ1) is 20.0. The Balaban J connectivity index is 1.93. The fraction of sp³-hybridized carbons (Fsp3) is 0.0345. The summed E-state index contributed by atoms with van der Waals surface area (Å²) in [5.41, 5.74) is 9.76.